The van der Waals surface area contributed by atoms with Crippen LogP contribution in [0, 0.1) is 0 Å². The molecule has 0 aromatic rings. The Kier molecular flexibility index (Phi) is 11.4. The van der Waals surface area contributed by atoms with E-state index >= 15 is 0 Å². The maximum atomic E-state index is 11.4. The zero-order chi connectivity index (χ0) is 13.3. The molecule has 0 saturated carbocycles. The monoisotopic (exact) mass is 282 g/mol. The maximum absolute atomic E-state index is 11.4. The van der Waals surface area contributed by atoms with Crippen LogP contribution in [0.1, 0.15) is 13.8 Å². The largest absolute Gasteiger partial charge is 0.464 e. The number of amides is 1. The van der Waals surface area contributed by atoms with E-state index < -0.39 is 23.9 Å². The molecule has 0 aliphatic carbocycles. The van der Waals surface area contributed by atoms with E-state index in [4.69, 9.17) is 0 Å². The summed E-state index contributed by atoms with van der Waals surface area (Å²) in [5.74, 6) is -2.13. The van der Waals surface area contributed by atoms with E-state index in [9.17, 15) is 14.4 Å². The molecule has 0 bridgehead atoms. The van der Waals surface area contributed by atoms with Crippen molar-refractivity contribution < 1.29 is 23.9 Å². The highest BCUT2D eigenvalue weighted by atomic mass is 35.5. The lowest BCUT2D eigenvalue weighted by atomic mass is 10.3. The number of esters is 2. The summed E-state index contributed by atoms with van der Waals surface area (Å²) < 4.78 is 9.35. The van der Waals surface area contributed by atoms with Gasteiger partial charge in [0.05, 0.1) is 19.8 Å². The normalized spacial score (nSPS) is 9.33. The molecule has 8 heteroatoms. The average Bonchev–Trinajstić information content (AvgIpc) is 2.26. The molecule has 0 rings (SSSR count). The summed E-state index contributed by atoms with van der Waals surface area (Å²) in [5, 5.41) is 4.83. The molecule has 1 amide bonds. The van der Waals surface area contributed by atoms with Gasteiger partial charge in [-0.15, -0.1) is 12.4 Å². The molecule has 0 unspecified atom stereocenters. The molecular weight excluding hydrogens is 264 g/mol. The van der Waals surface area contributed by atoms with Gasteiger partial charge >= 0.3 is 11.9 Å². The molecule has 0 fully saturated rings. The van der Waals surface area contributed by atoms with E-state index in [1.54, 1.807) is 20.9 Å². The molecule has 7 nitrogen and oxygen atoms in total. The molecule has 0 heterocycles. The molecular formula is C10H19ClN2O5. The first-order chi connectivity index (χ1) is 8.06. The summed E-state index contributed by atoms with van der Waals surface area (Å²) in [4.78, 5) is 34.2. The van der Waals surface area contributed by atoms with Crippen LogP contribution in [-0.4, -0.2) is 50.7 Å². The van der Waals surface area contributed by atoms with Gasteiger partial charge in [0.15, 0.2) is 0 Å². The molecule has 0 atom stereocenters. The first kappa shape index (κ1) is 19.0. The lowest BCUT2D eigenvalue weighted by molar-refractivity contribution is -0.159. The molecule has 0 aliphatic heterocycles. The zero-order valence-corrected chi connectivity index (χ0v) is 11.5. The number of carbonyl (C=O) groups is 3. The summed E-state index contributed by atoms with van der Waals surface area (Å²) in [6, 6.07) is -1.41. The Morgan fingerprint density at radius 2 is 1.50 bits per heavy atom. The van der Waals surface area contributed by atoms with Crippen LogP contribution in [0.25, 0.3) is 0 Å². The third-order valence-electron chi connectivity index (χ3n) is 1.69. The summed E-state index contributed by atoms with van der Waals surface area (Å²) in [6.45, 7) is 3.45. The van der Waals surface area contributed by atoms with Crippen LogP contribution in [0.4, 0.5) is 0 Å². The van der Waals surface area contributed by atoms with E-state index in [1.165, 1.54) is 0 Å². The van der Waals surface area contributed by atoms with Crippen molar-refractivity contribution in [3.63, 3.8) is 0 Å². The number of carbonyl (C=O) groups excluding carboxylic acids is 3. The van der Waals surface area contributed by atoms with Gasteiger partial charge in [-0.2, -0.15) is 0 Å². The Labute approximate surface area is 112 Å². The minimum atomic E-state index is -1.41. The third-order valence-corrected chi connectivity index (χ3v) is 1.69. The second kappa shape index (κ2) is 10.8. The number of nitrogens with one attached hydrogen (secondary N) is 2. The summed E-state index contributed by atoms with van der Waals surface area (Å²) in [6.07, 6.45) is 0. The number of halogens is 1. The SMILES string of the molecule is CCOC(=O)C(NC(=O)CNC)C(=O)OCC.Cl. The smallest absolute Gasteiger partial charge is 0.340 e. The summed E-state index contributed by atoms with van der Waals surface area (Å²) in [7, 11) is 1.57. The molecule has 0 saturated heterocycles. The van der Waals surface area contributed by atoms with Gasteiger partial charge in [0.2, 0.25) is 11.9 Å². The van der Waals surface area contributed by atoms with Gasteiger partial charge in [0, 0.05) is 0 Å². The third kappa shape index (κ3) is 7.08. The van der Waals surface area contributed by atoms with Crippen LogP contribution < -0.4 is 10.6 Å². The van der Waals surface area contributed by atoms with E-state index in [2.05, 4.69) is 20.1 Å². The van der Waals surface area contributed by atoms with Crippen molar-refractivity contribution in [1.29, 1.82) is 0 Å². The molecule has 106 valence electrons. The van der Waals surface area contributed by atoms with Crippen molar-refractivity contribution in [2.75, 3.05) is 26.8 Å². The van der Waals surface area contributed by atoms with Gasteiger partial charge in [0.1, 0.15) is 0 Å². The van der Waals surface area contributed by atoms with Gasteiger partial charge in [-0.1, -0.05) is 0 Å². The van der Waals surface area contributed by atoms with Gasteiger partial charge in [0.25, 0.3) is 0 Å². The van der Waals surface area contributed by atoms with E-state index in [0.29, 0.717) is 0 Å². The van der Waals surface area contributed by atoms with Crippen LogP contribution in [0.5, 0.6) is 0 Å². The van der Waals surface area contributed by atoms with Gasteiger partial charge in [-0.25, -0.2) is 9.59 Å². The Hall–Kier alpha value is -1.34. The minimum Gasteiger partial charge on any atom is -0.464 e. The molecule has 18 heavy (non-hydrogen) atoms. The van der Waals surface area contributed by atoms with Gasteiger partial charge in [-0.3, -0.25) is 4.79 Å². The minimum absolute atomic E-state index is 0. The number of likely N-dealkylation sites (N-methyl/N-ethyl adjacent to an activating group) is 1. The molecule has 2 N–H and O–H groups in total. The van der Waals surface area contributed by atoms with E-state index in [-0.39, 0.29) is 32.2 Å². The summed E-state index contributed by atoms with van der Waals surface area (Å²) in [5.41, 5.74) is 0. The fourth-order valence-electron chi connectivity index (χ4n) is 1.04. The standard InChI is InChI=1S/C10H18N2O5.ClH/c1-4-16-9(14)8(10(15)17-5-2)12-7(13)6-11-3;/h8,11H,4-6H2,1-3H3,(H,12,13);1H. The summed E-state index contributed by atoms with van der Waals surface area (Å²) >= 11 is 0. The lowest BCUT2D eigenvalue weighted by Gasteiger charge is -2.15. The fraction of sp³-hybridized carbons (Fsp3) is 0.700. The van der Waals surface area contributed by atoms with Crippen LogP contribution in [0.15, 0.2) is 0 Å². The first-order valence-electron chi connectivity index (χ1n) is 5.34. The number of ether oxygens (including phenoxy) is 2. The number of hydrogen-bond acceptors (Lipinski definition) is 6. The van der Waals surface area contributed by atoms with Crippen LogP contribution >= 0.6 is 12.4 Å². The second-order valence-corrected chi connectivity index (χ2v) is 3.03. The lowest BCUT2D eigenvalue weighted by Crippen LogP contribution is -2.50. The average molecular weight is 283 g/mol. The van der Waals surface area contributed by atoms with Gasteiger partial charge < -0.3 is 20.1 Å². The van der Waals surface area contributed by atoms with E-state index in [0.717, 1.165) is 0 Å². The van der Waals surface area contributed by atoms with E-state index in [1.807, 2.05) is 0 Å². The Balaban J connectivity index is 0. The number of hydrogen-bond donors (Lipinski definition) is 2. The predicted molar refractivity (Wildman–Crippen MR) is 66.4 cm³/mol. The quantitative estimate of drug-likeness (QED) is 0.471. The highest BCUT2D eigenvalue weighted by Gasteiger charge is 2.30. The van der Waals surface area contributed by atoms with Crippen LogP contribution in [0.2, 0.25) is 0 Å². The molecule has 0 aliphatic rings. The highest BCUT2D eigenvalue weighted by Crippen LogP contribution is 1.94. The molecule has 0 aromatic carbocycles. The molecule has 0 aromatic heterocycles. The molecule has 0 spiro atoms. The highest BCUT2D eigenvalue weighted by molar-refractivity contribution is 6.02. The first-order valence-corrected chi connectivity index (χ1v) is 5.34. The van der Waals surface area contributed by atoms with Gasteiger partial charge in [-0.05, 0) is 20.9 Å². The Morgan fingerprint density at radius 1 is 1.06 bits per heavy atom. The fourth-order valence-corrected chi connectivity index (χ4v) is 1.04. The second-order valence-electron chi connectivity index (χ2n) is 3.03. The Morgan fingerprint density at radius 3 is 1.83 bits per heavy atom. The van der Waals surface area contributed by atoms with Crippen molar-refractivity contribution in [1.82, 2.24) is 10.6 Å². The zero-order valence-electron chi connectivity index (χ0n) is 10.6. The van der Waals surface area contributed by atoms with Crippen molar-refractivity contribution in [3.05, 3.63) is 0 Å². The van der Waals surface area contributed by atoms with Crippen molar-refractivity contribution in [2.45, 2.75) is 19.9 Å². The van der Waals surface area contributed by atoms with Crippen LogP contribution in [0.3, 0.4) is 0 Å². The topological polar surface area (TPSA) is 93.7 Å². The molecule has 0 radical (unpaired) electrons. The van der Waals surface area contributed by atoms with Crippen LogP contribution in [-0.2, 0) is 23.9 Å². The predicted octanol–water partition coefficient (Wildman–Crippen LogP) is -0.761. The van der Waals surface area contributed by atoms with Crippen molar-refractivity contribution >= 4 is 30.3 Å². The van der Waals surface area contributed by atoms with Crippen molar-refractivity contribution in [2.24, 2.45) is 0 Å². The maximum Gasteiger partial charge on any atom is 0.340 e. The van der Waals surface area contributed by atoms with Crippen molar-refractivity contribution in [3.8, 4) is 0 Å². The number of rotatable bonds is 7. The Bertz CT molecular complexity index is 267.